The maximum Gasteiger partial charge on any atom is 0.416 e. The van der Waals surface area contributed by atoms with E-state index in [0.29, 0.717) is 5.56 Å². The number of carbonyl (C=O) groups excluding carboxylic acids is 1. The van der Waals surface area contributed by atoms with Crippen LogP contribution in [0, 0.1) is 3.57 Å². The van der Waals surface area contributed by atoms with Crippen molar-refractivity contribution < 1.29 is 18.0 Å². The predicted molar refractivity (Wildman–Crippen MR) is 84.0 cm³/mol. The van der Waals surface area contributed by atoms with E-state index in [4.69, 9.17) is 0 Å². The van der Waals surface area contributed by atoms with Crippen molar-refractivity contribution in [3.05, 3.63) is 74.9 Å². The molecule has 0 unspecified atom stereocenters. The molecule has 0 N–H and O–H groups in total. The van der Waals surface area contributed by atoms with Crippen molar-refractivity contribution in [3.63, 3.8) is 0 Å². The summed E-state index contributed by atoms with van der Waals surface area (Å²) in [4.78, 5) is 11.9. The number of rotatable bonds is 3. The number of hydrogen-bond acceptors (Lipinski definition) is 1. The molecule has 2 rings (SSSR count). The molecule has 0 aromatic heterocycles. The van der Waals surface area contributed by atoms with Gasteiger partial charge in [-0.15, -0.1) is 0 Å². The van der Waals surface area contributed by atoms with Crippen molar-refractivity contribution in [2.45, 2.75) is 6.18 Å². The quantitative estimate of drug-likeness (QED) is 0.392. The molecular weight excluding hydrogens is 392 g/mol. The van der Waals surface area contributed by atoms with Gasteiger partial charge in [0.1, 0.15) is 0 Å². The van der Waals surface area contributed by atoms with E-state index in [9.17, 15) is 18.0 Å². The minimum Gasteiger partial charge on any atom is -0.289 e. The normalized spacial score (nSPS) is 11.8. The van der Waals surface area contributed by atoms with Crippen LogP contribution >= 0.6 is 22.6 Å². The Hall–Kier alpha value is -1.63. The van der Waals surface area contributed by atoms with Gasteiger partial charge in [0.15, 0.2) is 5.78 Å². The average molecular weight is 402 g/mol. The number of allylic oxidation sites excluding steroid dienone is 1. The van der Waals surface area contributed by atoms with Crippen LogP contribution in [0.25, 0.3) is 6.08 Å². The molecule has 0 saturated carbocycles. The summed E-state index contributed by atoms with van der Waals surface area (Å²) in [6.07, 6.45) is -2.08. The minimum atomic E-state index is -4.44. The highest BCUT2D eigenvalue weighted by atomic mass is 127. The summed E-state index contributed by atoms with van der Waals surface area (Å²) in [6, 6.07) is 12.0. The number of alkyl halides is 3. The zero-order valence-electron chi connectivity index (χ0n) is 10.7. The minimum absolute atomic E-state index is 0.0242. The summed E-state index contributed by atoms with van der Waals surface area (Å²) in [6.45, 7) is 0. The van der Waals surface area contributed by atoms with Crippen LogP contribution in [0.15, 0.2) is 54.6 Å². The van der Waals surface area contributed by atoms with E-state index in [1.54, 1.807) is 24.3 Å². The van der Waals surface area contributed by atoms with Gasteiger partial charge >= 0.3 is 6.18 Å². The molecule has 5 heteroatoms. The standard InChI is InChI=1S/C16H10F3IO/c17-16(18,19)14-4-2-1-3-11(14)7-10-15(21)12-5-8-13(20)9-6-12/h1-10H/b10-7+. The van der Waals surface area contributed by atoms with E-state index in [2.05, 4.69) is 22.6 Å². The van der Waals surface area contributed by atoms with Crippen LogP contribution in [0.2, 0.25) is 0 Å². The molecule has 0 heterocycles. The fourth-order valence-corrected chi connectivity index (χ4v) is 2.14. The Labute approximate surface area is 133 Å². The summed E-state index contributed by atoms with van der Waals surface area (Å²) in [7, 11) is 0. The van der Waals surface area contributed by atoms with Crippen molar-refractivity contribution in [2.75, 3.05) is 0 Å². The number of carbonyl (C=O) groups is 1. The van der Waals surface area contributed by atoms with E-state index in [-0.39, 0.29) is 11.3 Å². The highest BCUT2D eigenvalue weighted by Crippen LogP contribution is 2.32. The maximum atomic E-state index is 12.8. The molecule has 0 aliphatic heterocycles. The molecule has 108 valence electrons. The smallest absolute Gasteiger partial charge is 0.289 e. The Morgan fingerprint density at radius 1 is 1.00 bits per heavy atom. The Morgan fingerprint density at radius 2 is 1.62 bits per heavy atom. The van der Waals surface area contributed by atoms with Gasteiger partial charge in [-0.2, -0.15) is 13.2 Å². The van der Waals surface area contributed by atoms with Crippen molar-refractivity contribution in [1.29, 1.82) is 0 Å². The summed E-state index contributed by atoms with van der Waals surface area (Å²) in [5, 5.41) is 0. The van der Waals surface area contributed by atoms with E-state index in [0.717, 1.165) is 15.7 Å². The number of halogens is 4. The lowest BCUT2D eigenvalue weighted by Crippen LogP contribution is -2.07. The molecule has 0 amide bonds. The van der Waals surface area contributed by atoms with Crippen LogP contribution in [0.5, 0.6) is 0 Å². The zero-order valence-corrected chi connectivity index (χ0v) is 12.9. The predicted octanol–water partition coefficient (Wildman–Crippen LogP) is 5.21. The molecule has 1 nitrogen and oxygen atoms in total. The monoisotopic (exact) mass is 402 g/mol. The lowest BCUT2D eigenvalue weighted by molar-refractivity contribution is -0.137. The second-order valence-corrected chi connectivity index (χ2v) is 5.54. The van der Waals surface area contributed by atoms with E-state index in [1.807, 2.05) is 0 Å². The number of ketones is 1. The molecule has 0 atom stereocenters. The summed E-state index contributed by atoms with van der Waals surface area (Å²) in [5.41, 5.74) is -0.336. The van der Waals surface area contributed by atoms with Gasteiger partial charge in [-0.1, -0.05) is 36.4 Å². The molecule has 0 aliphatic carbocycles. The number of hydrogen-bond donors (Lipinski definition) is 0. The van der Waals surface area contributed by atoms with Crippen molar-refractivity contribution >= 4 is 34.5 Å². The fourth-order valence-electron chi connectivity index (χ4n) is 1.78. The maximum absolute atomic E-state index is 12.8. The molecular formula is C16H10F3IO. The first kappa shape index (κ1) is 15.8. The highest BCUT2D eigenvalue weighted by Gasteiger charge is 2.32. The second kappa shape index (κ2) is 6.43. The lowest BCUT2D eigenvalue weighted by Gasteiger charge is -2.09. The van der Waals surface area contributed by atoms with Gasteiger partial charge in [0.2, 0.25) is 0 Å². The Morgan fingerprint density at radius 3 is 2.24 bits per heavy atom. The number of benzene rings is 2. The summed E-state index contributed by atoms with van der Waals surface area (Å²) < 4.78 is 39.4. The third-order valence-corrected chi connectivity index (χ3v) is 3.53. The summed E-state index contributed by atoms with van der Waals surface area (Å²) >= 11 is 2.11. The Bertz CT molecular complexity index is 673. The zero-order chi connectivity index (χ0) is 15.5. The molecule has 0 saturated heterocycles. The topological polar surface area (TPSA) is 17.1 Å². The van der Waals surface area contributed by atoms with E-state index < -0.39 is 11.7 Å². The summed E-state index contributed by atoms with van der Waals surface area (Å²) in [5.74, 6) is -0.330. The first-order valence-electron chi connectivity index (χ1n) is 6.02. The average Bonchev–Trinajstić information content (AvgIpc) is 2.45. The Balaban J connectivity index is 2.26. The molecule has 0 bridgehead atoms. The molecule has 2 aromatic rings. The van der Waals surface area contributed by atoms with Crippen LogP contribution in [-0.4, -0.2) is 5.78 Å². The molecule has 0 fully saturated rings. The van der Waals surface area contributed by atoms with Gasteiger partial charge in [0, 0.05) is 9.13 Å². The second-order valence-electron chi connectivity index (χ2n) is 4.29. The highest BCUT2D eigenvalue weighted by molar-refractivity contribution is 14.1. The SMILES string of the molecule is O=C(/C=C/c1ccccc1C(F)(F)F)c1ccc(I)cc1. The molecule has 21 heavy (non-hydrogen) atoms. The molecule has 0 spiro atoms. The van der Waals surface area contributed by atoms with Crippen molar-refractivity contribution in [3.8, 4) is 0 Å². The van der Waals surface area contributed by atoms with Gasteiger partial charge in [-0.05, 0) is 52.4 Å². The van der Waals surface area contributed by atoms with Crippen molar-refractivity contribution in [1.82, 2.24) is 0 Å². The van der Waals surface area contributed by atoms with Crippen LogP contribution < -0.4 is 0 Å². The van der Waals surface area contributed by atoms with Gasteiger partial charge in [-0.25, -0.2) is 0 Å². The molecule has 0 aliphatic rings. The van der Waals surface area contributed by atoms with Crippen LogP contribution in [-0.2, 0) is 6.18 Å². The van der Waals surface area contributed by atoms with Crippen LogP contribution in [0.1, 0.15) is 21.5 Å². The largest absolute Gasteiger partial charge is 0.416 e. The van der Waals surface area contributed by atoms with Crippen molar-refractivity contribution in [2.24, 2.45) is 0 Å². The van der Waals surface area contributed by atoms with E-state index >= 15 is 0 Å². The van der Waals surface area contributed by atoms with Crippen LogP contribution in [0.3, 0.4) is 0 Å². The van der Waals surface area contributed by atoms with Gasteiger partial charge in [-0.3, -0.25) is 4.79 Å². The fraction of sp³-hybridized carbons (Fsp3) is 0.0625. The Kier molecular flexibility index (Phi) is 4.82. The molecule has 2 aromatic carbocycles. The van der Waals surface area contributed by atoms with Gasteiger partial charge < -0.3 is 0 Å². The first-order valence-corrected chi connectivity index (χ1v) is 7.10. The van der Waals surface area contributed by atoms with Crippen LogP contribution in [0.4, 0.5) is 13.2 Å². The molecule has 0 radical (unpaired) electrons. The third-order valence-electron chi connectivity index (χ3n) is 2.81. The first-order chi connectivity index (χ1) is 9.88. The lowest BCUT2D eigenvalue weighted by atomic mass is 10.0. The van der Waals surface area contributed by atoms with Gasteiger partial charge in [0.05, 0.1) is 5.56 Å². The van der Waals surface area contributed by atoms with E-state index in [1.165, 1.54) is 24.3 Å². The van der Waals surface area contributed by atoms with Gasteiger partial charge in [0.25, 0.3) is 0 Å². The third kappa shape index (κ3) is 4.17.